The second-order valence-corrected chi connectivity index (χ2v) is 3.87. The number of carbonyl (C=O) groups is 1. The van der Waals surface area contributed by atoms with Gasteiger partial charge in [0.2, 0.25) is 0 Å². The highest BCUT2D eigenvalue weighted by Crippen LogP contribution is 2.37. The van der Waals surface area contributed by atoms with Crippen molar-refractivity contribution in [3.63, 3.8) is 0 Å². The van der Waals surface area contributed by atoms with Gasteiger partial charge in [0, 0.05) is 23.7 Å². The van der Waals surface area contributed by atoms with Gasteiger partial charge in [-0.3, -0.25) is 10.3 Å². The zero-order valence-corrected chi connectivity index (χ0v) is 8.47. The van der Waals surface area contributed by atoms with E-state index < -0.39 is 6.04 Å². The highest BCUT2D eigenvalue weighted by molar-refractivity contribution is 5.88. The molecular weight excluding hydrogens is 204 g/mol. The molecule has 0 spiro atoms. The molecule has 2 heterocycles. The maximum Gasteiger partial charge on any atom is 0.147 e. The van der Waals surface area contributed by atoms with Gasteiger partial charge in [-0.1, -0.05) is 6.07 Å². The van der Waals surface area contributed by atoms with E-state index in [2.05, 4.69) is 10.3 Å². The van der Waals surface area contributed by atoms with Crippen LogP contribution >= 0.6 is 0 Å². The molecule has 16 heavy (non-hydrogen) atoms. The molecule has 0 aliphatic carbocycles. The molecular formula is C12H10N2O2. The van der Waals surface area contributed by atoms with Crippen molar-refractivity contribution < 1.29 is 9.90 Å². The van der Waals surface area contributed by atoms with Crippen molar-refractivity contribution in [1.82, 2.24) is 10.3 Å². The number of phenols is 1. The summed E-state index contributed by atoms with van der Waals surface area (Å²) < 4.78 is 0. The Bertz CT molecular complexity index is 580. The van der Waals surface area contributed by atoms with Gasteiger partial charge in [-0.25, -0.2) is 0 Å². The molecule has 0 saturated heterocycles. The van der Waals surface area contributed by atoms with E-state index in [1.165, 1.54) is 0 Å². The van der Waals surface area contributed by atoms with Crippen LogP contribution in [0.3, 0.4) is 0 Å². The van der Waals surface area contributed by atoms with Crippen LogP contribution in [0, 0.1) is 0 Å². The zero-order chi connectivity index (χ0) is 11.1. The van der Waals surface area contributed by atoms with E-state index in [4.69, 9.17) is 0 Å². The topological polar surface area (TPSA) is 62.2 Å². The van der Waals surface area contributed by atoms with Crippen molar-refractivity contribution in [3.8, 4) is 5.75 Å². The summed E-state index contributed by atoms with van der Waals surface area (Å²) in [5, 5.41) is 14.0. The molecule has 0 amide bonds. The van der Waals surface area contributed by atoms with E-state index in [0.29, 0.717) is 17.6 Å². The lowest BCUT2D eigenvalue weighted by Crippen LogP contribution is -2.12. The van der Waals surface area contributed by atoms with E-state index in [1.807, 2.05) is 18.2 Å². The largest absolute Gasteiger partial charge is 0.505 e. The highest BCUT2D eigenvalue weighted by atomic mass is 16.3. The van der Waals surface area contributed by atoms with Gasteiger partial charge >= 0.3 is 0 Å². The number of rotatable bonds is 1. The summed E-state index contributed by atoms with van der Waals surface area (Å²) in [7, 11) is 0. The van der Waals surface area contributed by atoms with Crippen LogP contribution in [0.2, 0.25) is 0 Å². The molecule has 1 aliphatic rings. The Balaban J connectivity index is 2.37. The van der Waals surface area contributed by atoms with Crippen LogP contribution in [0.15, 0.2) is 24.4 Å². The molecule has 1 unspecified atom stereocenters. The summed E-state index contributed by atoms with van der Waals surface area (Å²) in [6, 6.07) is 5.28. The second kappa shape index (κ2) is 3.28. The minimum absolute atomic E-state index is 0.121. The summed E-state index contributed by atoms with van der Waals surface area (Å²) in [6.45, 7) is 0.608. The van der Waals surface area contributed by atoms with Gasteiger partial charge in [-0.15, -0.1) is 0 Å². The number of pyridine rings is 1. The minimum atomic E-state index is -0.415. The van der Waals surface area contributed by atoms with E-state index in [0.717, 1.165) is 17.2 Å². The molecule has 0 fully saturated rings. The second-order valence-electron chi connectivity index (χ2n) is 3.87. The normalized spacial score (nSPS) is 18.6. The van der Waals surface area contributed by atoms with Crippen molar-refractivity contribution in [2.24, 2.45) is 0 Å². The highest BCUT2D eigenvalue weighted by Gasteiger charge is 2.26. The molecule has 1 aliphatic heterocycles. The van der Waals surface area contributed by atoms with Crippen LogP contribution in [-0.4, -0.2) is 16.4 Å². The number of nitrogens with one attached hydrogen (secondary N) is 1. The van der Waals surface area contributed by atoms with E-state index >= 15 is 0 Å². The van der Waals surface area contributed by atoms with Gasteiger partial charge in [0.15, 0.2) is 0 Å². The maximum atomic E-state index is 10.9. The number of aldehydes is 1. The fourth-order valence-corrected chi connectivity index (χ4v) is 2.21. The first-order valence-electron chi connectivity index (χ1n) is 5.09. The van der Waals surface area contributed by atoms with Crippen LogP contribution in [0.5, 0.6) is 5.75 Å². The number of fused-ring (bicyclic) bond motifs is 2. The Labute approximate surface area is 91.9 Å². The third-order valence-electron chi connectivity index (χ3n) is 2.95. The molecule has 1 aromatic carbocycles. The van der Waals surface area contributed by atoms with Gasteiger partial charge in [0.25, 0.3) is 0 Å². The van der Waals surface area contributed by atoms with Gasteiger partial charge in [-0.2, -0.15) is 0 Å². The molecule has 0 bridgehead atoms. The molecule has 4 heteroatoms. The molecule has 3 rings (SSSR count). The lowest BCUT2D eigenvalue weighted by atomic mass is 10.0. The number of hydrogen-bond acceptors (Lipinski definition) is 4. The monoisotopic (exact) mass is 214 g/mol. The summed E-state index contributed by atoms with van der Waals surface area (Å²) in [4.78, 5) is 15.0. The predicted octanol–water partition coefficient (Wildman–Crippen LogP) is 1.28. The van der Waals surface area contributed by atoms with E-state index in [9.17, 15) is 9.90 Å². The number of nitrogens with zero attached hydrogens (tertiary/aromatic N) is 1. The van der Waals surface area contributed by atoms with Crippen LogP contribution < -0.4 is 5.32 Å². The predicted molar refractivity (Wildman–Crippen MR) is 59.1 cm³/mol. The SMILES string of the molecule is O=CC1NCc2cc3cccnc3c(O)c21. The first kappa shape index (κ1) is 9.30. The molecule has 2 N–H and O–H groups in total. The van der Waals surface area contributed by atoms with Crippen LogP contribution in [0.25, 0.3) is 10.9 Å². The molecule has 1 aromatic heterocycles. The third kappa shape index (κ3) is 1.13. The van der Waals surface area contributed by atoms with Crippen LogP contribution in [-0.2, 0) is 11.3 Å². The van der Waals surface area contributed by atoms with Crippen molar-refractivity contribution in [2.45, 2.75) is 12.6 Å². The lowest BCUT2D eigenvalue weighted by molar-refractivity contribution is -0.109. The number of carbonyl (C=O) groups excluding carboxylic acids is 1. The number of benzene rings is 1. The Morgan fingerprint density at radius 2 is 2.44 bits per heavy atom. The van der Waals surface area contributed by atoms with Crippen LogP contribution in [0.1, 0.15) is 17.2 Å². The standard InChI is InChI=1S/C12H10N2O2/c15-6-9-10-8(5-14-9)4-7-2-1-3-13-11(7)12(10)16/h1-4,6,9,14,16H,5H2. The van der Waals surface area contributed by atoms with E-state index in [-0.39, 0.29) is 5.75 Å². The summed E-state index contributed by atoms with van der Waals surface area (Å²) in [5.74, 6) is 0.121. The Kier molecular flexibility index (Phi) is 1.91. The molecule has 2 aromatic rings. The Morgan fingerprint density at radius 3 is 3.25 bits per heavy atom. The Hall–Kier alpha value is -1.94. The molecule has 0 radical (unpaired) electrons. The van der Waals surface area contributed by atoms with Gasteiger partial charge in [0.05, 0.1) is 6.04 Å². The number of aromatic hydroxyl groups is 1. The summed E-state index contributed by atoms with van der Waals surface area (Å²) >= 11 is 0. The average molecular weight is 214 g/mol. The number of hydrogen-bond donors (Lipinski definition) is 2. The maximum absolute atomic E-state index is 10.9. The lowest BCUT2D eigenvalue weighted by Gasteiger charge is -2.08. The average Bonchev–Trinajstić information content (AvgIpc) is 2.72. The number of aromatic nitrogens is 1. The van der Waals surface area contributed by atoms with Gasteiger partial charge < -0.3 is 9.90 Å². The summed E-state index contributed by atoms with van der Waals surface area (Å²) in [6.07, 6.45) is 2.44. The van der Waals surface area contributed by atoms with Crippen molar-refractivity contribution in [1.29, 1.82) is 0 Å². The van der Waals surface area contributed by atoms with Crippen molar-refractivity contribution >= 4 is 17.2 Å². The van der Waals surface area contributed by atoms with Crippen LogP contribution in [0.4, 0.5) is 0 Å². The van der Waals surface area contributed by atoms with Crippen molar-refractivity contribution in [2.75, 3.05) is 0 Å². The first-order valence-corrected chi connectivity index (χ1v) is 5.09. The van der Waals surface area contributed by atoms with Gasteiger partial charge in [-0.05, 0) is 17.7 Å². The molecule has 0 saturated carbocycles. The first-order chi connectivity index (χ1) is 7.81. The quantitative estimate of drug-likeness (QED) is 0.702. The Morgan fingerprint density at radius 1 is 1.56 bits per heavy atom. The molecule has 80 valence electrons. The fraction of sp³-hybridized carbons (Fsp3) is 0.167. The van der Waals surface area contributed by atoms with Crippen molar-refractivity contribution in [3.05, 3.63) is 35.5 Å². The zero-order valence-electron chi connectivity index (χ0n) is 8.47. The molecule has 4 nitrogen and oxygen atoms in total. The summed E-state index contributed by atoms with van der Waals surface area (Å²) in [5.41, 5.74) is 2.19. The molecule has 1 atom stereocenters. The van der Waals surface area contributed by atoms with Gasteiger partial charge in [0.1, 0.15) is 17.6 Å². The fourth-order valence-electron chi connectivity index (χ4n) is 2.21. The van der Waals surface area contributed by atoms with E-state index in [1.54, 1.807) is 6.20 Å². The minimum Gasteiger partial charge on any atom is -0.505 e. The smallest absolute Gasteiger partial charge is 0.147 e. The number of phenolic OH excluding ortho intramolecular Hbond substituents is 1. The third-order valence-corrected chi connectivity index (χ3v) is 2.95.